The van der Waals surface area contributed by atoms with Crippen molar-refractivity contribution >= 4 is 0 Å². The highest BCUT2D eigenvalue weighted by Crippen LogP contribution is 2.19. The van der Waals surface area contributed by atoms with Crippen LogP contribution in [0.15, 0.2) is 24.3 Å². The first kappa shape index (κ1) is 13.3. The number of benzene rings is 1. The molecule has 0 aromatic heterocycles. The summed E-state index contributed by atoms with van der Waals surface area (Å²) in [6.07, 6.45) is 1.78. The van der Waals surface area contributed by atoms with Gasteiger partial charge in [-0.3, -0.25) is 0 Å². The molecule has 0 saturated carbocycles. The van der Waals surface area contributed by atoms with E-state index in [1.165, 1.54) is 6.42 Å². The lowest BCUT2D eigenvalue weighted by atomic mass is 10.1. The molecule has 2 N–H and O–H groups in total. The van der Waals surface area contributed by atoms with Crippen molar-refractivity contribution < 1.29 is 14.6 Å². The smallest absolute Gasteiger partial charge is 0.119 e. The molecule has 0 amide bonds. The molecule has 1 fully saturated rings. The Kier molecular flexibility index (Phi) is 4.99. The van der Waals surface area contributed by atoms with Crippen LogP contribution in [0.3, 0.4) is 0 Å². The van der Waals surface area contributed by atoms with Gasteiger partial charge < -0.3 is 19.9 Å². The fourth-order valence-corrected chi connectivity index (χ4v) is 2.17. The van der Waals surface area contributed by atoms with Crippen molar-refractivity contribution in [2.75, 3.05) is 26.9 Å². The maximum atomic E-state index is 10.0. The van der Waals surface area contributed by atoms with Crippen LogP contribution in [-0.4, -0.2) is 38.0 Å². The van der Waals surface area contributed by atoms with Gasteiger partial charge in [0.25, 0.3) is 0 Å². The average molecular weight is 251 g/mol. The molecule has 2 unspecified atom stereocenters. The molecular formula is C14H21NO3. The molecule has 2 atom stereocenters. The van der Waals surface area contributed by atoms with E-state index in [1.54, 1.807) is 7.11 Å². The van der Waals surface area contributed by atoms with Crippen molar-refractivity contribution in [3.05, 3.63) is 29.8 Å². The lowest BCUT2D eigenvalue weighted by Gasteiger charge is -2.15. The summed E-state index contributed by atoms with van der Waals surface area (Å²) in [4.78, 5) is 0. The van der Waals surface area contributed by atoms with Crippen LogP contribution in [0.25, 0.3) is 0 Å². The lowest BCUT2D eigenvalue weighted by molar-refractivity contribution is 0.0284. The van der Waals surface area contributed by atoms with Gasteiger partial charge in [-0.1, -0.05) is 12.1 Å². The van der Waals surface area contributed by atoms with Crippen LogP contribution < -0.4 is 10.1 Å². The zero-order chi connectivity index (χ0) is 12.8. The van der Waals surface area contributed by atoms with Gasteiger partial charge in [0.2, 0.25) is 0 Å². The van der Waals surface area contributed by atoms with Crippen molar-refractivity contribution in [1.29, 1.82) is 0 Å². The Bertz CT molecular complexity index is 364. The molecule has 0 aliphatic carbocycles. The summed E-state index contributed by atoms with van der Waals surface area (Å²) in [6, 6.07) is 7.89. The van der Waals surface area contributed by atoms with Crippen LogP contribution in [0.1, 0.15) is 24.5 Å². The zero-order valence-electron chi connectivity index (χ0n) is 10.8. The van der Waals surface area contributed by atoms with Crippen molar-refractivity contribution in [2.45, 2.75) is 25.0 Å². The van der Waals surface area contributed by atoms with E-state index in [2.05, 4.69) is 5.32 Å². The van der Waals surface area contributed by atoms with E-state index >= 15 is 0 Å². The third-order valence-electron chi connectivity index (χ3n) is 3.24. The van der Waals surface area contributed by atoms with Crippen LogP contribution in [0.2, 0.25) is 0 Å². The Balaban J connectivity index is 1.77. The molecule has 100 valence electrons. The highest BCUT2D eigenvalue weighted by atomic mass is 16.5. The molecule has 0 spiro atoms. The van der Waals surface area contributed by atoms with Gasteiger partial charge in [-0.15, -0.1) is 0 Å². The van der Waals surface area contributed by atoms with E-state index in [0.717, 1.165) is 24.3 Å². The van der Waals surface area contributed by atoms with Gasteiger partial charge in [-0.25, -0.2) is 0 Å². The SMILES string of the molecule is COc1cccc(C(O)COCC2CCCN2)c1. The summed E-state index contributed by atoms with van der Waals surface area (Å²) >= 11 is 0. The van der Waals surface area contributed by atoms with Crippen LogP contribution in [-0.2, 0) is 4.74 Å². The maximum absolute atomic E-state index is 10.0. The standard InChI is InChI=1S/C14H21NO3/c1-17-13-6-2-4-11(8-13)14(16)10-18-9-12-5-3-7-15-12/h2,4,6,8,12,14-16H,3,5,7,9-10H2,1H3. The van der Waals surface area contributed by atoms with E-state index < -0.39 is 6.10 Å². The molecule has 1 aromatic rings. The Hall–Kier alpha value is -1.10. The fourth-order valence-electron chi connectivity index (χ4n) is 2.17. The molecule has 0 bridgehead atoms. The van der Waals surface area contributed by atoms with E-state index in [4.69, 9.17) is 9.47 Å². The van der Waals surface area contributed by atoms with Gasteiger partial charge in [-0.2, -0.15) is 0 Å². The number of methoxy groups -OCH3 is 1. The first-order valence-electron chi connectivity index (χ1n) is 6.42. The lowest BCUT2D eigenvalue weighted by Crippen LogP contribution is -2.27. The summed E-state index contributed by atoms with van der Waals surface area (Å²) in [6.45, 7) is 2.07. The first-order valence-corrected chi connectivity index (χ1v) is 6.42. The van der Waals surface area contributed by atoms with Crippen molar-refractivity contribution in [1.82, 2.24) is 5.32 Å². The van der Waals surface area contributed by atoms with Gasteiger partial charge >= 0.3 is 0 Å². The molecule has 2 rings (SSSR count). The second-order valence-electron chi connectivity index (χ2n) is 4.62. The summed E-state index contributed by atoms with van der Waals surface area (Å²) in [5.74, 6) is 0.754. The molecule has 18 heavy (non-hydrogen) atoms. The molecule has 1 aliphatic heterocycles. The van der Waals surface area contributed by atoms with Gasteiger partial charge in [0.1, 0.15) is 11.9 Å². The predicted octanol–water partition coefficient (Wildman–Crippen LogP) is 1.50. The largest absolute Gasteiger partial charge is 0.497 e. The quantitative estimate of drug-likeness (QED) is 0.804. The van der Waals surface area contributed by atoms with Crippen molar-refractivity contribution in [3.8, 4) is 5.75 Å². The van der Waals surface area contributed by atoms with Crippen LogP contribution in [0, 0.1) is 0 Å². The van der Waals surface area contributed by atoms with Crippen molar-refractivity contribution in [2.24, 2.45) is 0 Å². The molecule has 1 aromatic carbocycles. The summed E-state index contributed by atoms with van der Waals surface area (Å²) in [5.41, 5.74) is 0.828. The minimum absolute atomic E-state index is 0.325. The molecule has 1 heterocycles. The fraction of sp³-hybridized carbons (Fsp3) is 0.571. The number of nitrogens with one attached hydrogen (secondary N) is 1. The molecule has 1 saturated heterocycles. The summed E-state index contributed by atoms with van der Waals surface area (Å²) < 4.78 is 10.7. The summed E-state index contributed by atoms with van der Waals surface area (Å²) in [7, 11) is 1.62. The normalized spacial score (nSPS) is 20.9. The maximum Gasteiger partial charge on any atom is 0.119 e. The van der Waals surface area contributed by atoms with Gasteiger partial charge in [0, 0.05) is 6.04 Å². The zero-order valence-corrected chi connectivity index (χ0v) is 10.8. The number of aliphatic hydroxyl groups is 1. The molecule has 4 heteroatoms. The first-order chi connectivity index (χ1) is 8.79. The van der Waals surface area contributed by atoms with Crippen molar-refractivity contribution in [3.63, 3.8) is 0 Å². The number of rotatable bonds is 6. The van der Waals surface area contributed by atoms with Gasteiger partial charge in [-0.05, 0) is 37.1 Å². The molecule has 1 aliphatic rings. The molecular weight excluding hydrogens is 230 g/mol. The third kappa shape index (κ3) is 3.70. The Labute approximate surface area is 108 Å². The average Bonchev–Trinajstić information content (AvgIpc) is 2.92. The predicted molar refractivity (Wildman–Crippen MR) is 69.8 cm³/mol. The third-order valence-corrected chi connectivity index (χ3v) is 3.24. The summed E-state index contributed by atoms with van der Waals surface area (Å²) in [5, 5.41) is 13.4. The number of hydrogen-bond donors (Lipinski definition) is 2. The second kappa shape index (κ2) is 6.73. The molecule has 0 radical (unpaired) electrons. The molecule has 4 nitrogen and oxygen atoms in total. The number of ether oxygens (including phenoxy) is 2. The minimum Gasteiger partial charge on any atom is -0.497 e. The van der Waals surface area contributed by atoms with Crippen LogP contribution >= 0.6 is 0 Å². The Morgan fingerprint density at radius 3 is 3.11 bits per heavy atom. The second-order valence-corrected chi connectivity index (χ2v) is 4.62. The Morgan fingerprint density at radius 2 is 2.39 bits per heavy atom. The van der Waals surface area contributed by atoms with Crippen LogP contribution in [0.4, 0.5) is 0 Å². The van der Waals surface area contributed by atoms with E-state index in [0.29, 0.717) is 19.3 Å². The van der Waals surface area contributed by atoms with E-state index in [9.17, 15) is 5.11 Å². The van der Waals surface area contributed by atoms with Gasteiger partial charge in [0.05, 0.1) is 20.3 Å². The number of aliphatic hydroxyl groups excluding tert-OH is 1. The monoisotopic (exact) mass is 251 g/mol. The minimum atomic E-state index is -0.596. The van der Waals surface area contributed by atoms with Crippen LogP contribution in [0.5, 0.6) is 5.75 Å². The Morgan fingerprint density at radius 1 is 1.50 bits per heavy atom. The van der Waals surface area contributed by atoms with E-state index in [1.807, 2.05) is 24.3 Å². The number of hydrogen-bond acceptors (Lipinski definition) is 4. The van der Waals surface area contributed by atoms with Gasteiger partial charge in [0.15, 0.2) is 0 Å². The highest BCUT2D eigenvalue weighted by molar-refractivity contribution is 5.29. The van der Waals surface area contributed by atoms with E-state index in [-0.39, 0.29) is 0 Å². The highest BCUT2D eigenvalue weighted by Gasteiger charge is 2.15. The topological polar surface area (TPSA) is 50.7 Å².